The van der Waals surface area contributed by atoms with Gasteiger partial charge in [-0.15, -0.1) is 0 Å². The molecule has 26 heavy (non-hydrogen) atoms. The second kappa shape index (κ2) is 9.09. The van der Waals surface area contributed by atoms with Crippen molar-refractivity contribution < 1.29 is 27.4 Å². The van der Waals surface area contributed by atoms with Gasteiger partial charge in [0.05, 0.1) is 12.5 Å². The lowest BCUT2D eigenvalue weighted by atomic mass is 9.95. The van der Waals surface area contributed by atoms with Crippen LogP contribution in [0, 0.1) is 5.92 Å². The number of ether oxygens (including phenoxy) is 1. The SMILES string of the molecule is CC/C(=C/F)COc1ccc(S(=O)(=O)N2CCC(CC(=O)O)CC2)cn1. The second-order valence-electron chi connectivity index (χ2n) is 6.19. The van der Waals surface area contributed by atoms with Crippen LogP contribution in [0.15, 0.2) is 35.1 Å². The van der Waals surface area contributed by atoms with Crippen LogP contribution in [-0.4, -0.2) is 48.5 Å². The van der Waals surface area contributed by atoms with Crippen molar-refractivity contribution in [2.24, 2.45) is 5.92 Å². The van der Waals surface area contributed by atoms with Crippen molar-refractivity contribution in [1.29, 1.82) is 0 Å². The molecule has 2 heterocycles. The van der Waals surface area contributed by atoms with Gasteiger partial charge in [0, 0.05) is 25.6 Å². The number of carboxylic acid groups (broad SMARTS) is 1. The molecule has 0 radical (unpaired) electrons. The molecule has 1 saturated heterocycles. The molecule has 1 aromatic rings. The van der Waals surface area contributed by atoms with E-state index in [2.05, 4.69) is 4.98 Å². The van der Waals surface area contributed by atoms with Gasteiger partial charge in [-0.2, -0.15) is 4.31 Å². The van der Waals surface area contributed by atoms with Crippen molar-refractivity contribution >= 4 is 16.0 Å². The molecule has 0 bridgehead atoms. The molecule has 144 valence electrons. The van der Waals surface area contributed by atoms with Crippen molar-refractivity contribution in [3.8, 4) is 5.88 Å². The van der Waals surface area contributed by atoms with E-state index < -0.39 is 16.0 Å². The fourth-order valence-electron chi connectivity index (χ4n) is 2.73. The molecule has 1 aliphatic rings. The minimum Gasteiger partial charge on any atom is -0.481 e. The largest absolute Gasteiger partial charge is 0.481 e. The highest BCUT2D eigenvalue weighted by Gasteiger charge is 2.30. The Kier molecular flexibility index (Phi) is 7.10. The smallest absolute Gasteiger partial charge is 0.303 e. The molecule has 0 aromatic carbocycles. The average molecular weight is 386 g/mol. The fraction of sp³-hybridized carbons (Fsp3) is 0.529. The van der Waals surface area contributed by atoms with Crippen molar-refractivity contribution in [3.05, 3.63) is 30.2 Å². The molecular weight excluding hydrogens is 363 g/mol. The summed E-state index contributed by atoms with van der Waals surface area (Å²) in [5, 5.41) is 8.83. The molecule has 0 atom stereocenters. The molecule has 1 aliphatic heterocycles. The first-order valence-corrected chi connectivity index (χ1v) is 9.89. The molecule has 1 fully saturated rings. The Hall–Kier alpha value is -2.00. The van der Waals surface area contributed by atoms with E-state index in [0.717, 1.165) is 0 Å². The van der Waals surface area contributed by atoms with E-state index in [4.69, 9.17) is 9.84 Å². The third kappa shape index (κ3) is 5.25. The van der Waals surface area contributed by atoms with Crippen LogP contribution >= 0.6 is 0 Å². The summed E-state index contributed by atoms with van der Waals surface area (Å²) in [6.45, 7) is 2.44. The van der Waals surface area contributed by atoms with Crippen LogP contribution in [0.25, 0.3) is 0 Å². The number of nitrogens with zero attached hydrogens (tertiary/aromatic N) is 2. The van der Waals surface area contributed by atoms with Gasteiger partial charge in [0.15, 0.2) is 0 Å². The summed E-state index contributed by atoms with van der Waals surface area (Å²) in [4.78, 5) is 14.8. The van der Waals surface area contributed by atoms with E-state index in [1.54, 1.807) is 6.92 Å². The van der Waals surface area contributed by atoms with E-state index in [9.17, 15) is 17.6 Å². The van der Waals surface area contributed by atoms with E-state index in [-0.39, 0.29) is 29.7 Å². The lowest BCUT2D eigenvalue weighted by Crippen LogP contribution is -2.38. The molecule has 7 nitrogen and oxygen atoms in total. The maximum atomic E-state index is 12.7. The first-order chi connectivity index (χ1) is 12.4. The summed E-state index contributed by atoms with van der Waals surface area (Å²) in [5.74, 6) is -0.638. The second-order valence-corrected chi connectivity index (χ2v) is 8.12. The number of carbonyl (C=O) groups is 1. The maximum Gasteiger partial charge on any atom is 0.303 e. The van der Waals surface area contributed by atoms with Crippen molar-refractivity contribution in [3.63, 3.8) is 0 Å². The lowest BCUT2D eigenvalue weighted by molar-refractivity contribution is -0.138. The quantitative estimate of drug-likeness (QED) is 0.738. The monoisotopic (exact) mass is 386 g/mol. The maximum absolute atomic E-state index is 12.7. The number of pyridine rings is 1. The van der Waals surface area contributed by atoms with Gasteiger partial charge in [-0.05, 0) is 36.8 Å². The zero-order chi connectivity index (χ0) is 19.2. The highest BCUT2D eigenvalue weighted by atomic mass is 32.2. The number of rotatable bonds is 8. The van der Waals surface area contributed by atoms with Crippen molar-refractivity contribution in [2.75, 3.05) is 19.7 Å². The highest BCUT2D eigenvalue weighted by molar-refractivity contribution is 7.89. The molecular formula is C17H23FN2O5S. The molecule has 2 rings (SSSR count). The summed E-state index contributed by atoms with van der Waals surface area (Å²) in [5.41, 5.74) is 0.479. The average Bonchev–Trinajstić information content (AvgIpc) is 2.63. The fourth-order valence-corrected chi connectivity index (χ4v) is 4.15. The Morgan fingerprint density at radius 3 is 2.62 bits per heavy atom. The summed E-state index contributed by atoms with van der Waals surface area (Å²) < 4.78 is 44.5. The number of aliphatic carboxylic acids is 1. The summed E-state index contributed by atoms with van der Waals surface area (Å²) in [7, 11) is -3.67. The number of sulfonamides is 1. The lowest BCUT2D eigenvalue weighted by Gasteiger charge is -2.30. The summed E-state index contributed by atoms with van der Waals surface area (Å²) in [6.07, 6.45) is 3.34. The van der Waals surface area contributed by atoms with Crippen molar-refractivity contribution in [1.82, 2.24) is 9.29 Å². The molecule has 9 heteroatoms. The van der Waals surface area contributed by atoms with Crippen LogP contribution in [0.2, 0.25) is 0 Å². The number of hydrogen-bond acceptors (Lipinski definition) is 5. The van der Waals surface area contributed by atoms with Gasteiger partial charge in [0.1, 0.15) is 11.5 Å². The number of hydrogen-bond donors (Lipinski definition) is 1. The van der Waals surface area contributed by atoms with E-state index >= 15 is 0 Å². The zero-order valence-electron chi connectivity index (χ0n) is 14.6. The Bertz CT molecular complexity index is 741. The summed E-state index contributed by atoms with van der Waals surface area (Å²) in [6, 6.07) is 2.85. The molecule has 1 aromatic heterocycles. The molecule has 1 N–H and O–H groups in total. The number of halogens is 1. The predicted molar refractivity (Wildman–Crippen MR) is 92.9 cm³/mol. The van der Waals surface area contributed by atoms with Gasteiger partial charge in [-0.1, -0.05) is 6.92 Å². The Morgan fingerprint density at radius 2 is 2.12 bits per heavy atom. The van der Waals surface area contributed by atoms with E-state index in [1.165, 1.54) is 22.6 Å². The topological polar surface area (TPSA) is 96.8 Å². The van der Waals surface area contributed by atoms with Crippen LogP contribution in [0.3, 0.4) is 0 Å². The van der Waals surface area contributed by atoms with E-state index in [1.807, 2.05) is 0 Å². The molecule has 0 spiro atoms. The van der Waals surface area contributed by atoms with Crippen LogP contribution < -0.4 is 4.74 Å². The van der Waals surface area contributed by atoms with Crippen LogP contribution in [0.4, 0.5) is 4.39 Å². The van der Waals surface area contributed by atoms with Gasteiger partial charge in [0.25, 0.3) is 0 Å². The Labute approximate surface area is 152 Å². The first kappa shape index (κ1) is 20.3. The zero-order valence-corrected chi connectivity index (χ0v) is 15.4. The van der Waals surface area contributed by atoms with Crippen molar-refractivity contribution in [2.45, 2.75) is 37.5 Å². The van der Waals surface area contributed by atoms with Gasteiger partial charge < -0.3 is 9.84 Å². The van der Waals surface area contributed by atoms with Gasteiger partial charge >= 0.3 is 5.97 Å². The molecule has 0 saturated carbocycles. The van der Waals surface area contributed by atoms with Gasteiger partial charge in [-0.3, -0.25) is 4.79 Å². The number of aromatic nitrogens is 1. The number of carboxylic acids is 1. The molecule has 0 aliphatic carbocycles. The normalized spacial score (nSPS) is 17.2. The Balaban J connectivity index is 1.98. The standard InChI is InChI=1S/C17H23FN2O5S/c1-2-13(10-18)12-25-16-4-3-15(11-19-16)26(23,24)20-7-5-14(6-8-20)9-17(21)22/h3-4,10-11,14H,2,5-9,12H2,1H3,(H,21,22)/b13-10-. The van der Waals surface area contributed by atoms with Crippen LogP contribution in [-0.2, 0) is 14.8 Å². The highest BCUT2D eigenvalue weighted by Crippen LogP contribution is 2.26. The predicted octanol–water partition coefficient (Wildman–Crippen LogP) is 2.60. The minimum absolute atomic E-state index is 0.00386. The number of piperidine rings is 1. The minimum atomic E-state index is -3.67. The van der Waals surface area contributed by atoms with Gasteiger partial charge in [-0.25, -0.2) is 17.8 Å². The van der Waals surface area contributed by atoms with E-state index in [0.29, 0.717) is 44.3 Å². The van der Waals surface area contributed by atoms with Crippen LogP contribution in [0.1, 0.15) is 32.6 Å². The molecule has 0 amide bonds. The Morgan fingerprint density at radius 1 is 1.42 bits per heavy atom. The van der Waals surface area contributed by atoms with Crippen LogP contribution in [0.5, 0.6) is 5.88 Å². The first-order valence-electron chi connectivity index (χ1n) is 8.45. The third-order valence-electron chi connectivity index (χ3n) is 4.40. The van der Waals surface area contributed by atoms with Gasteiger partial charge in [0.2, 0.25) is 15.9 Å². The third-order valence-corrected chi connectivity index (χ3v) is 6.28. The molecule has 0 unspecified atom stereocenters. The summed E-state index contributed by atoms with van der Waals surface area (Å²) >= 11 is 0.